The molecule has 0 saturated carbocycles. The van der Waals surface area contributed by atoms with Gasteiger partial charge in [0.1, 0.15) is 0 Å². The Bertz CT molecular complexity index is 665. The molecule has 0 spiro atoms. The van der Waals surface area contributed by atoms with Crippen molar-refractivity contribution in [3.05, 3.63) is 24.3 Å². The van der Waals surface area contributed by atoms with Gasteiger partial charge in [0.25, 0.3) is 5.91 Å². The lowest BCUT2D eigenvalue weighted by Crippen LogP contribution is -2.52. The van der Waals surface area contributed by atoms with Crippen molar-refractivity contribution in [2.45, 2.75) is 26.3 Å². The molecule has 2 fully saturated rings. The van der Waals surface area contributed by atoms with E-state index in [-0.39, 0.29) is 30.2 Å². The Morgan fingerprint density at radius 1 is 1.12 bits per heavy atom. The van der Waals surface area contributed by atoms with Crippen molar-refractivity contribution in [1.82, 2.24) is 9.80 Å². The van der Waals surface area contributed by atoms with Gasteiger partial charge in [0.2, 0.25) is 11.8 Å². The van der Waals surface area contributed by atoms with Crippen molar-refractivity contribution in [1.29, 1.82) is 0 Å². The van der Waals surface area contributed by atoms with Gasteiger partial charge in [-0.25, -0.2) is 4.90 Å². The van der Waals surface area contributed by atoms with E-state index in [0.717, 1.165) is 32.7 Å². The van der Waals surface area contributed by atoms with E-state index in [1.165, 1.54) is 11.8 Å². The number of nitrogens with zero attached hydrogens (tertiary/aromatic N) is 3. The highest BCUT2D eigenvalue weighted by atomic mass is 16.2. The Morgan fingerprint density at radius 3 is 2.32 bits per heavy atom. The average Bonchev–Trinajstić information content (AvgIpc) is 2.90. The van der Waals surface area contributed by atoms with Crippen LogP contribution in [0.15, 0.2) is 24.3 Å². The molecule has 0 bridgehead atoms. The van der Waals surface area contributed by atoms with Crippen LogP contribution in [0, 0.1) is 0 Å². The van der Waals surface area contributed by atoms with E-state index in [1.54, 1.807) is 24.3 Å². The first-order valence-corrected chi connectivity index (χ1v) is 8.70. The zero-order chi connectivity index (χ0) is 18.0. The van der Waals surface area contributed by atoms with Crippen molar-refractivity contribution in [3.8, 4) is 0 Å². The largest absolute Gasteiger partial charge is 0.326 e. The maximum absolute atomic E-state index is 12.8. The molecule has 25 heavy (non-hydrogen) atoms. The van der Waals surface area contributed by atoms with Gasteiger partial charge in [-0.3, -0.25) is 19.3 Å². The number of amides is 3. The summed E-state index contributed by atoms with van der Waals surface area (Å²) in [6.07, 6.45) is 0.235. The minimum absolute atomic E-state index is 0.151. The molecule has 7 nitrogen and oxygen atoms in total. The number of benzene rings is 1. The molecule has 2 aliphatic rings. The summed E-state index contributed by atoms with van der Waals surface area (Å²) < 4.78 is 0. The van der Waals surface area contributed by atoms with Gasteiger partial charge in [-0.15, -0.1) is 0 Å². The number of carbonyl (C=O) groups is 3. The first kappa shape index (κ1) is 17.6. The SMILES string of the molecule is CCN1CCN(C2CC(=O)N(c3ccc(NC(C)=O)cc3)C2=O)CC1. The van der Waals surface area contributed by atoms with Gasteiger partial charge in [0, 0.05) is 38.8 Å². The predicted octanol–water partition coefficient (Wildman–Crippen LogP) is 0.914. The second-order valence-electron chi connectivity index (χ2n) is 6.49. The zero-order valence-corrected chi connectivity index (χ0v) is 14.7. The number of likely N-dealkylation sites (N-methyl/N-ethyl adjacent to an activating group) is 1. The van der Waals surface area contributed by atoms with Crippen LogP contribution >= 0.6 is 0 Å². The molecule has 7 heteroatoms. The zero-order valence-electron chi connectivity index (χ0n) is 14.7. The lowest BCUT2D eigenvalue weighted by molar-refractivity contribution is -0.123. The molecule has 0 aromatic heterocycles. The van der Waals surface area contributed by atoms with Crippen LogP contribution in [0.2, 0.25) is 0 Å². The summed E-state index contributed by atoms with van der Waals surface area (Å²) in [6.45, 7) is 8.06. The first-order chi connectivity index (χ1) is 12.0. The summed E-state index contributed by atoms with van der Waals surface area (Å²) in [5.41, 5.74) is 1.20. The van der Waals surface area contributed by atoms with E-state index in [2.05, 4.69) is 22.0 Å². The van der Waals surface area contributed by atoms with Crippen LogP contribution in [0.1, 0.15) is 20.3 Å². The Morgan fingerprint density at radius 2 is 1.76 bits per heavy atom. The Kier molecular flexibility index (Phi) is 5.15. The highest BCUT2D eigenvalue weighted by Crippen LogP contribution is 2.27. The predicted molar refractivity (Wildman–Crippen MR) is 95.3 cm³/mol. The van der Waals surface area contributed by atoms with Crippen molar-refractivity contribution in [2.24, 2.45) is 0 Å². The Balaban J connectivity index is 1.70. The van der Waals surface area contributed by atoms with Crippen LogP contribution in [0.5, 0.6) is 0 Å². The van der Waals surface area contributed by atoms with E-state index in [4.69, 9.17) is 0 Å². The lowest BCUT2D eigenvalue weighted by Gasteiger charge is -2.36. The highest BCUT2D eigenvalue weighted by Gasteiger charge is 2.43. The number of piperazine rings is 1. The molecular formula is C18H24N4O3. The fourth-order valence-corrected chi connectivity index (χ4v) is 3.46. The summed E-state index contributed by atoms with van der Waals surface area (Å²) in [4.78, 5) is 42.1. The normalized spacial score (nSPS) is 22.5. The van der Waals surface area contributed by atoms with Gasteiger partial charge in [-0.2, -0.15) is 0 Å². The summed E-state index contributed by atoms with van der Waals surface area (Å²) in [6, 6.07) is 6.42. The Hall–Kier alpha value is -2.25. The average molecular weight is 344 g/mol. The minimum Gasteiger partial charge on any atom is -0.326 e. The quantitative estimate of drug-likeness (QED) is 0.822. The molecule has 1 aromatic carbocycles. The van der Waals surface area contributed by atoms with E-state index >= 15 is 0 Å². The number of carbonyl (C=O) groups excluding carboxylic acids is 3. The standard InChI is InChI=1S/C18H24N4O3/c1-3-20-8-10-21(11-9-20)16-12-17(24)22(18(16)25)15-6-4-14(5-7-15)19-13(2)23/h4-7,16H,3,8-12H2,1-2H3,(H,19,23). The molecule has 3 rings (SSSR count). The van der Waals surface area contributed by atoms with Crippen molar-refractivity contribution in [3.63, 3.8) is 0 Å². The molecule has 2 heterocycles. The minimum atomic E-state index is -0.360. The number of hydrogen-bond acceptors (Lipinski definition) is 5. The molecule has 1 aromatic rings. The fraction of sp³-hybridized carbons (Fsp3) is 0.500. The van der Waals surface area contributed by atoms with Crippen LogP contribution < -0.4 is 10.2 Å². The smallest absolute Gasteiger partial charge is 0.251 e. The van der Waals surface area contributed by atoms with Crippen LogP contribution in [0.4, 0.5) is 11.4 Å². The summed E-state index contributed by atoms with van der Waals surface area (Å²) in [5, 5.41) is 2.67. The number of imide groups is 1. The molecule has 2 saturated heterocycles. The van der Waals surface area contributed by atoms with Crippen LogP contribution in [0.25, 0.3) is 0 Å². The van der Waals surface area contributed by atoms with Crippen LogP contribution in [-0.4, -0.2) is 66.3 Å². The third kappa shape index (κ3) is 3.72. The molecule has 134 valence electrons. The van der Waals surface area contributed by atoms with E-state index < -0.39 is 0 Å². The molecule has 3 amide bonds. The monoisotopic (exact) mass is 344 g/mol. The first-order valence-electron chi connectivity index (χ1n) is 8.70. The van der Waals surface area contributed by atoms with Gasteiger partial charge in [-0.1, -0.05) is 6.92 Å². The third-order valence-electron chi connectivity index (χ3n) is 4.86. The van der Waals surface area contributed by atoms with Gasteiger partial charge in [-0.05, 0) is 30.8 Å². The lowest BCUT2D eigenvalue weighted by atomic mass is 10.1. The van der Waals surface area contributed by atoms with Gasteiger partial charge < -0.3 is 10.2 Å². The second kappa shape index (κ2) is 7.33. The van der Waals surface area contributed by atoms with Crippen LogP contribution in [0.3, 0.4) is 0 Å². The van der Waals surface area contributed by atoms with Gasteiger partial charge in [0.05, 0.1) is 18.2 Å². The molecule has 2 aliphatic heterocycles. The number of anilines is 2. The molecule has 1 unspecified atom stereocenters. The van der Waals surface area contributed by atoms with Crippen molar-refractivity contribution < 1.29 is 14.4 Å². The van der Waals surface area contributed by atoms with E-state index in [1.807, 2.05) is 0 Å². The molecular weight excluding hydrogens is 320 g/mol. The summed E-state index contributed by atoms with van der Waals surface area (Å²) >= 11 is 0. The topological polar surface area (TPSA) is 73.0 Å². The van der Waals surface area contributed by atoms with Gasteiger partial charge >= 0.3 is 0 Å². The number of nitrogens with one attached hydrogen (secondary N) is 1. The maximum atomic E-state index is 12.8. The third-order valence-corrected chi connectivity index (χ3v) is 4.86. The van der Waals surface area contributed by atoms with Crippen LogP contribution in [-0.2, 0) is 14.4 Å². The summed E-state index contributed by atoms with van der Waals surface area (Å²) in [5.74, 6) is -0.477. The highest BCUT2D eigenvalue weighted by molar-refractivity contribution is 6.22. The van der Waals surface area contributed by atoms with Gasteiger partial charge in [0.15, 0.2) is 0 Å². The molecule has 0 aliphatic carbocycles. The van der Waals surface area contributed by atoms with Crippen molar-refractivity contribution >= 4 is 29.1 Å². The maximum Gasteiger partial charge on any atom is 0.251 e. The van der Waals surface area contributed by atoms with Crippen molar-refractivity contribution in [2.75, 3.05) is 42.9 Å². The second-order valence-corrected chi connectivity index (χ2v) is 6.49. The number of hydrogen-bond donors (Lipinski definition) is 1. The fourth-order valence-electron chi connectivity index (χ4n) is 3.46. The molecule has 0 radical (unpaired) electrons. The number of rotatable bonds is 4. The molecule has 1 atom stereocenters. The van der Waals surface area contributed by atoms with E-state index in [0.29, 0.717) is 11.4 Å². The molecule has 1 N–H and O–H groups in total. The summed E-state index contributed by atoms with van der Waals surface area (Å²) in [7, 11) is 0. The van der Waals surface area contributed by atoms with E-state index in [9.17, 15) is 14.4 Å². The Labute approximate surface area is 147 Å².